The number of alkyl halides is 3. The molecule has 0 spiro atoms. The van der Waals surface area contributed by atoms with Crippen LogP contribution in [0, 0.1) is 5.92 Å². The number of hydrogen-bond acceptors (Lipinski definition) is 6. The number of halogens is 3. The zero-order chi connectivity index (χ0) is 24.8. The van der Waals surface area contributed by atoms with Crippen LogP contribution < -0.4 is 10.2 Å². The van der Waals surface area contributed by atoms with Gasteiger partial charge in [-0.25, -0.2) is 9.97 Å². The van der Waals surface area contributed by atoms with Crippen LogP contribution in [-0.2, 0) is 20.5 Å². The van der Waals surface area contributed by atoms with Gasteiger partial charge in [0, 0.05) is 36.7 Å². The summed E-state index contributed by atoms with van der Waals surface area (Å²) in [5, 5.41) is 2.45. The Balaban J connectivity index is 1.50. The lowest BCUT2D eigenvalue weighted by Crippen LogP contribution is -2.41. The molecule has 7 nitrogen and oxygen atoms in total. The molecular weight excluding hydrogens is 461 g/mol. The van der Waals surface area contributed by atoms with Gasteiger partial charge in [0.25, 0.3) is 5.91 Å². The van der Waals surface area contributed by atoms with E-state index in [0.29, 0.717) is 37.4 Å². The largest absolute Gasteiger partial charge is 0.447 e. The molecule has 1 fully saturated rings. The predicted octanol–water partition coefficient (Wildman–Crippen LogP) is 4.64. The van der Waals surface area contributed by atoms with Crippen LogP contribution in [0.5, 0.6) is 0 Å². The van der Waals surface area contributed by atoms with Crippen LogP contribution in [0.2, 0.25) is 0 Å². The second-order valence-corrected chi connectivity index (χ2v) is 8.13. The molecule has 2 aromatic carbocycles. The van der Waals surface area contributed by atoms with Crippen molar-refractivity contribution in [3.05, 3.63) is 84.2 Å². The van der Waals surface area contributed by atoms with Gasteiger partial charge in [-0.15, -0.1) is 0 Å². The zero-order valence-corrected chi connectivity index (χ0v) is 18.6. The van der Waals surface area contributed by atoms with Gasteiger partial charge in [0.15, 0.2) is 0 Å². The van der Waals surface area contributed by atoms with Gasteiger partial charge in [-0.2, -0.15) is 13.2 Å². The van der Waals surface area contributed by atoms with E-state index in [9.17, 15) is 22.8 Å². The molecule has 1 N–H and O–H groups in total. The lowest BCUT2D eigenvalue weighted by atomic mass is 9.98. The smallest absolute Gasteiger partial charge is 0.416 e. The van der Waals surface area contributed by atoms with Crippen LogP contribution in [0.3, 0.4) is 0 Å². The van der Waals surface area contributed by atoms with E-state index in [1.54, 1.807) is 48.8 Å². The molecule has 1 aliphatic heterocycles. The Morgan fingerprint density at radius 1 is 1.03 bits per heavy atom. The minimum atomic E-state index is -4.55. The highest BCUT2D eigenvalue weighted by atomic mass is 19.4. The summed E-state index contributed by atoms with van der Waals surface area (Å²) >= 11 is 0. The van der Waals surface area contributed by atoms with E-state index >= 15 is 0 Å². The standard InChI is InChI=1S/C25H23F3N4O3/c26-25(27,28)19-10-4-11-20(15-19)31-22(33)21(17-7-2-1-3-8-17)35-23(34)18-9-5-14-32(16-18)24-29-12-6-13-30-24/h1-4,6-8,10-13,15,18,21H,5,9,14,16H2,(H,31,33)/t18-,21+/m1/s1. The molecule has 3 aromatic rings. The molecule has 0 aliphatic carbocycles. The van der Waals surface area contributed by atoms with Crippen LogP contribution in [0.4, 0.5) is 24.8 Å². The summed E-state index contributed by atoms with van der Waals surface area (Å²) in [6.45, 7) is 1.02. The second kappa shape index (κ2) is 10.5. The van der Waals surface area contributed by atoms with Crippen molar-refractivity contribution < 1.29 is 27.5 Å². The van der Waals surface area contributed by atoms with Crippen LogP contribution in [0.25, 0.3) is 0 Å². The molecule has 2 heterocycles. The summed E-state index contributed by atoms with van der Waals surface area (Å²) in [4.78, 5) is 36.5. The minimum absolute atomic E-state index is 0.0492. The molecule has 0 radical (unpaired) electrons. The topological polar surface area (TPSA) is 84.4 Å². The first kappa shape index (κ1) is 24.2. The number of carbonyl (C=O) groups excluding carboxylic acids is 2. The molecule has 10 heteroatoms. The highest BCUT2D eigenvalue weighted by Crippen LogP contribution is 2.31. The van der Waals surface area contributed by atoms with E-state index in [1.165, 1.54) is 12.1 Å². The maximum absolute atomic E-state index is 13.1. The Morgan fingerprint density at radius 2 is 1.77 bits per heavy atom. The number of hydrogen-bond donors (Lipinski definition) is 1. The molecule has 1 amide bonds. The molecule has 0 bridgehead atoms. The number of nitrogens with one attached hydrogen (secondary N) is 1. The fraction of sp³-hybridized carbons (Fsp3) is 0.280. The van der Waals surface area contributed by atoms with E-state index < -0.39 is 35.6 Å². The quantitative estimate of drug-likeness (QED) is 0.514. The van der Waals surface area contributed by atoms with Gasteiger partial charge in [-0.1, -0.05) is 36.4 Å². The number of aromatic nitrogens is 2. The molecule has 1 saturated heterocycles. The average Bonchev–Trinajstić information content (AvgIpc) is 2.88. The molecule has 35 heavy (non-hydrogen) atoms. The van der Waals surface area contributed by atoms with Gasteiger partial charge in [0.2, 0.25) is 12.1 Å². The summed E-state index contributed by atoms with van der Waals surface area (Å²) in [5.41, 5.74) is -0.537. The number of esters is 1. The van der Waals surface area contributed by atoms with Gasteiger partial charge in [-0.05, 0) is 37.1 Å². The van der Waals surface area contributed by atoms with Crippen molar-refractivity contribution in [2.75, 3.05) is 23.3 Å². The molecule has 4 rings (SSSR count). The Bertz CT molecular complexity index is 1160. The number of rotatable bonds is 6. The monoisotopic (exact) mass is 484 g/mol. The number of carbonyl (C=O) groups is 2. The number of piperidine rings is 1. The highest BCUT2D eigenvalue weighted by molar-refractivity contribution is 5.96. The summed E-state index contributed by atoms with van der Waals surface area (Å²) in [6, 6.07) is 14.3. The normalized spacial score (nSPS) is 16.9. The Kier molecular flexibility index (Phi) is 7.28. The Hall–Kier alpha value is -3.95. The van der Waals surface area contributed by atoms with Crippen molar-refractivity contribution in [3.63, 3.8) is 0 Å². The van der Waals surface area contributed by atoms with Crippen LogP contribution in [0.15, 0.2) is 73.1 Å². The molecule has 2 atom stereocenters. The van der Waals surface area contributed by atoms with Gasteiger partial charge in [0.05, 0.1) is 11.5 Å². The number of benzene rings is 2. The third-order valence-corrected chi connectivity index (χ3v) is 5.62. The van der Waals surface area contributed by atoms with Crippen molar-refractivity contribution in [3.8, 4) is 0 Å². The van der Waals surface area contributed by atoms with Gasteiger partial charge in [-0.3, -0.25) is 9.59 Å². The van der Waals surface area contributed by atoms with Crippen molar-refractivity contribution in [1.29, 1.82) is 0 Å². The third-order valence-electron chi connectivity index (χ3n) is 5.62. The molecular formula is C25H23F3N4O3. The number of ether oxygens (including phenoxy) is 1. The van der Waals surface area contributed by atoms with E-state index in [-0.39, 0.29) is 5.69 Å². The number of nitrogens with zero attached hydrogens (tertiary/aromatic N) is 3. The Morgan fingerprint density at radius 3 is 2.49 bits per heavy atom. The van der Waals surface area contributed by atoms with Crippen molar-refractivity contribution in [1.82, 2.24) is 9.97 Å². The minimum Gasteiger partial charge on any atom is -0.447 e. The van der Waals surface area contributed by atoms with Crippen LogP contribution in [0.1, 0.15) is 30.1 Å². The zero-order valence-electron chi connectivity index (χ0n) is 18.6. The van der Waals surface area contributed by atoms with Crippen molar-refractivity contribution in [2.45, 2.75) is 25.1 Å². The van der Waals surface area contributed by atoms with Crippen molar-refractivity contribution >= 4 is 23.5 Å². The fourth-order valence-corrected chi connectivity index (χ4v) is 3.90. The first-order valence-electron chi connectivity index (χ1n) is 11.1. The average molecular weight is 484 g/mol. The van der Waals surface area contributed by atoms with E-state index in [2.05, 4.69) is 15.3 Å². The van der Waals surface area contributed by atoms with Gasteiger partial charge in [0.1, 0.15) is 0 Å². The summed E-state index contributed by atoms with van der Waals surface area (Å²) < 4.78 is 44.8. The molecule has 182 valence electrons. The van der Waals surface area contributed by atoms with Crippen molar-refractivity contribution in [2.24, 2.45) is 5.92 Å². The molecule has 0 unspecified atom stereocenters. The first-order chi connectivity index (χ1) is 16.8. The fourth-order valence-electron chi connectivity index (χ4n) is 3.90. The third kappa shape index (κ3) is 6.14. The summed E-state index contributed by atoms with van der Waals surface area (Å²) in [6.07, 6.45) is -1.37. The van der Waals surface area contributed by atoms with E-state index in [1.807, 2.05) is 4.90 Å². The number of amides is 1. The second-order valence-electron chi connectivity index (χ2n) is 8.13. The maximum Gasteiger partial charge on any atom is 0.416 e. The van der Waals surface area contributed by atoms with Gasteiger partial charge >= 0.3 is 12.1 Å². The molecule has 1 aromatic heterocycles. The lowest BCUT2D eigenvalue weighted by Gasteiger charge is -2.32. The van der Waals surface area contributed by atoms with Gasteiger partial charge < -0.3 is 15.0 Å². The van der Waals surface area contributed by atoms with Crippen LogP contribution in [-0.4, -0.2) is 34.9 Å². The number of anilines is 2. The maximum atomic E-state index is 13.1. The molecule has 0 saturated carbocycles. The first-order valence-corrected chi connectivity index (χ1v) is 11.1. The summed E-state index contributed by atoms with van der Waals surface area (Å²) in [5.74, 6) is -1.33. The molecule has 1 aliphatic rings. The lowest BCUT2D eigenvalue weighted by molar-refractivity contribution is -0.159. The SMILES string of the molecule is O=C(O[C@H](C(=O)Nc1cccc(C(F)(F)F)c1)c1ccccc1)[C@@H]1CCCN(c2ncccn2)C1. The Labute approximate surface area is 200 Å². The van der Waals surface area contributed by atoms with E-state index in [0.717, 1.165) is 12.1 Å². The summed E-state index contributed by atoms with van der Waals surface area (Å²) in [7, 11) is 0. The van der Waals surface area contributed by atoms with E-state index in [4.69, 9.17) is 4.74 Å². The highest BCUT2D eigenvalue weighted by Gasteiger charge is 2.34. The predicted molar refractivity (Wildman–Crippen MR) is 122 cm³/mol. The van der Waals surface area contributed by atoms with Crippen LogP contribution >= 0.6 is 0 Å².